The lowest BCUT2D eigenvalue weighted by Crippen LogP contribution is -2.44. The van der Waals surface area contributed by atoms with Crippen LogP contribution < -0.4 is 5.73 Å². The Morgan fingerprint density at radius 3 is 2.67 bits per heavy atom. The fraction of sp³-hybridized carbons (Fsp3) is 0.500. The van der Waals surface area contributed by atoms with E-state index in [1.807, 2.05) is 11.8 Å². The number of hydrogen-bond donors (Lipinski definition) is 1. The first-order valence-electron chi connectivity index (χ1n) is 5.84. The fourth-order valence-corrected chi connectivity index (χ4v) is 3.61. The van der Waals surface area contributed by atoms with Gasteiger partial charge in [-0.2, -0.15) is 11.8 Å². The Labute approximate surface area is 116 Å². The van der Waals surface area contributed by atoms with Gasteiger partial charge in [-0.25, -0.2) is 4.98 Å². The highest BCUT2D eigenvalue weighted by Gasteiger charge is 2.28. The van der Waals surface area contributed by atoms with Crippen molar-refractivity contribution >= 4 is 35.1 Å². The number of nitrogens with two attached hydrogens (primary N) is 1. The van der Waals surface area contributed by atoms with Crippen LogP contribution in [0.2, 0.25) is 5.02 Å². The average molecular weight is 286 g/mol. The number of hydrogen-bond acceptors (Lipinski definition) is 4. The van der Waals surface area contributed by atoms with E-state index in [9.17, 15) is 4.79 Å². The van der Waals surface area contributed by atoms with Crippen molar-refractivity contribution in [1.82, 2.24) is 9.88 Å². The minimum Gasteiger partial charge on any atom is -0.384 e. The van der Waals surface area contributed by atoms with Crippen LogP contribution in [0.3, 0.4) is 0 Å². The molecule has 4 nitrogen and oxygen atoms in total. The molecule has 1 amide bonds. The third-order valence-electron chi connectivity index (χ3n) is 2.78. The van der Waals surface area contributed by atoms with Gasteiger partial charge < -0.3 is 10.6 Å². The minimum absolute atomic E-state index is 0.133. The topological polar surface area (TPSA) is 59.2 Å². The molecular weight excluding hydrogens is 270 g/mol. The van der Waals surface area contributed by atoms with Crippen LogP contribution in [-0.2, 0) is 0 Å². The molecule has 0 aromatic carbocycles. The SMILES string of the molecule is CC1CN(C(=O)c2nc(N)ccc2Cl)CC(C)S1. The van der Waals surface area contributed by atoms with Crippen molar-refractivity contribution in [3.63, 3.8) is 0 Å². The fourth-order valence-electron chi connectivity index (χ4n) is 2.10. The maximum Gasteiger partial charge on any atom is 0.274 e. The number of nitrogens with zero attached hydrogens (tertiary/aromatic N) is 2. The molecule has 2 N–H and O–H groups in total. The number of rotatable bonds is 1. The van der Waals surface area contributed by atoms with E-state index < -0.39 is 0 Å². The lowest BCUT2D eigenvalue weighted by molar-refractivity contribution is 0.0747. The summed E-state index contributed by atoms with van der Waals surface area (Å²) in [6.07, 6.45) is 0. The predicted octanol–water partition coefficient (Wildman–Crippen LogP) is 2.28. The number of carbonyl (C=O) groups excluding carboxylic acids is 1. The molecule has 0 aliphatic carbocycles. The summed E-state index contributed by atoms with van der Waals surface area (Å²) < 4.78 is 0. The van der Waals surface area contributed by atoms with E-state index in [0.29, 0.717) is 21.3 Å². The van der Waals surface area contributed by atoms with Crippen LogP contribution in [0.4, 0.5) is 5.82 Å². The van der Waals surface area contributed by atoms with Crippen molar-refractivity contribution < 1.29 is 4.79 Å². The van der Waals surface area contributed by atoms with E-state index in [4.69, 9.17) is 17.3 Å². The molecule has 0 spiro atoms. The van der Waals surface area contributed by atoms with Crippen molar-refractivity contribution in [3.05, 3.63) is 22.8 Å². The van der Waals surface area contributed by atoms with Gasteiger partial charge in [-0.15, -0.1) is 0 Å². The van der Waals surface area contributed by atoms with Crippen molar-refractivity contribution in [1.29, 1.82) is 0 Å². The zero-order valence-corrected chi connectivity index (χ0v) is 12.0. The molecule has 6 heteroatoms. The monoisotopic (exact) mass is 285 g/mol. The summed E-state index contributed by atoms with van der Waals surface area (Å²) in [5.74, 6) is 0.182. The van der Waals surface area contributed by atoms with Crippen molar-refractivity contribution in [2.24, 2.45) is 0 Å². The molecule has 1 saturated heterocycles. The highest BCUT2D eigenvalue weighted by molar-refractivity contribution is 8.00. The van der Waals surface area contributed by atoms with Crippen LogP contribution in [0.1, 0.15) is 24.3 Å². The number of thioether (sulfide) groups is 1. The van der Waals surface area contributed by atoms with E-state index in [2.05, 4.69) is 18.8 Å². The molecule has 0 saturated carbocycles. The van der Waals surface area contributed by atoms with Crippen LogP contribution in [0, 0.1) is 0 Å². The molecule has 1 aromatic rings. The van der Waals surface area contributed by atoms with Crippen molar-refractivity contribution in [3.8, 4) is 0 Å². The highest BCUT2D eigenvalue weighted by atomic mass is 35.5. The second kappa shape index (κ2) is 5.36. The number of pyridine rings is 1. The average Bonchev–Trinajstić information content (AvgIpc) is 2.30. The molecule has 1 aliphatic rings. The Balaban J connectivity index is 2.22. The normalized spacial score (nSPS) is 24.1. The molecule has 2 unspecified atom stereocenters. The first kappa shape index (κ1) is 13.5. The summed E-state index contributed by atoms with van der Waals surface area (Å²) in [6.45, 7) is 5.69. The number of amides is 1. The number of halogens is 1. The molecule has 2 heterocycles. The van der Waals surface area contributed by atoms with E-state index in [1.165, 1.54) is 0 Å². The van der Waals surface area contributed by atoms with Crippen molar-refractivity contribution in [2.75, 3.05) is 18.8 Å². The molecule has 98 valence electrons. The maximum absolute atomic E-state index is 12.4. The van der Waals surface area contributed by atoms with Crippen LogP contribution in [0.25, 0.3) is 0 Å². The zero-order valence-electron chi connectivity index (χ0n) is 10.4. The van der Waals surface area contributed by atoms with E-state index in [-0.39, 0.29) is 11.6 Å². The second-order valence-corrected chi connectivity index (χ2v) is 6.82. The van der Waals surface area contributed by atoms with E-state index in [0.717, 1.165) is 13.1 Å². The van der Waals surface area contributed by atoms with Gasteiger partial charge in [-0.3, -0.25) is 4.79 Å². The lowest BCUT2D eigenvalue weighted by atomic mass is 10.2. The van der Waals surface area contributed by atoms with Crippen LogP contribution in [0.5, 0.6) is 0 Å². The van der Waals surface area contributed by atoms with E-state index in [1.54, 1.807) is 17.0 Å². The van der Waals surface area contributed by atoms with Gasteiger partial charge >= 0.3 is 0 Å². The molecule has 18 heavy (non-hydrogen) atoms. The van der Waals surface area contributed by atoms with Gasteiger partial charge in [-0.1, -0.05) is 25.4 Å². The van der Waals surface area contributed by atoms with Gasteiger partial charge in [0.15, 0.2) is 0 Å². The number of carbonyl (C=O) groups is 1. The lowest BCUT2D eigenvalue weighted by Gasteiger charge is -2.34. The highest BCUT2D eigenvalue weighted by Crippen LogP contribution is 2.26. The van der Waals surface area contributed by atoms with Gasteiger partial charge in [0.2, 0.25) is 0 Å². The molecule has 1 fully saturated rings. The summed E-state index contributed by atoms with van der Waals surface area (Å²) in [5, 5.41) is 1.21. The van der Waals surface area contributed by atoms with E-state index >= 15 is 0 Å². The zero-order chi connectivity index (χ0) is 13.3. The van der Waals surface area contributed by atoms with Gasteiger partial charge in [0.1, 0.15) is 11.5 Å². The van der Waals surface area contributed by atoms with Gasteiger partial charge in [0.25, 0.3) is 5.91 Å². The van der Waals surface area contributed by atoms with Gasteiger partial charge in [0, 0.05) is 23.6 Å². The third kappa shape index (κ3) is 2.90. The Morgan fingerprint density at radius 2 is 2.06 bits per heavy atom. The Bertz CT molecular complexity index is 459. The largest absolute Gasteiger partial charge is 0.384 e. The van der Waals surface area contributed by atoms with Crippen LogP contribution in [0.15, 0.2) is 12.1 Å². The molecule has 1 aliphatic heterocycles. The smallest absolute Gasteiger partial charge is 0.274 e. The molecule has 0 radical (unpaired) electrons. The molecular formula is C12H16ClN3OS. The number of nitrogen functional groups attached to an aromatic ring is 1. The summed E-state index contributed by atoms with van der Waals surface area (Å²) in [6, 6.07) is 3.21. The first-order valence-corrected chi connectivity index (χ1v) is 7.16. The molecule has 2 atom stereocenters. The summed E-state index contributed by atoms with van der Waals surface area (Å²) in [5.41, 5.74) is 5.86. The Morgan fingerprint density at radius 1 is 1.44 bits per heavy atom. The van der Waals surface area contributed by atoms with Crippen LogP contribution in [-0.4, -0.2) is 39.4 Å². The summed E-state index contributed by atoms with van der Waals surface area (Å²) >= 11 is 7.91. The van der Waals surface area contributed by atoms with Crippen molar-refractivity contribution in [2.45, 2.75) is 24.3 Å². The standard InChI is InChI=1S/C12H16ClN3OS/c1-7-5-16(6-8(2)18-7)12(17)11-9(13)3-4-10(14)15-11/h3-4,7-8H,5-6H2,1-2H3,(H2,14,15). The van der Waals surface area contributed by atoms with Gasteiger partial charge in [0.05, 0.1) is 5.02 Å². The quantitative estimate of drug-likeness (QED) is 0.860. The molecule has 0 bridgehead atoms. The second-order valence-electron chi connectivity index (χ2n) is 4.53. The number of anilines is 1. The molecule has 2 rings (SSSR count). The maximum atomic E-state index is 12.4. The number of aromatic nitrogens is 1. The first-order chi connectivity index (χ1) is 8.47. The summed E-state index contributed by atoms with van der Waals surface area (Å²) in [7, 11) is 0. The Hall–Kier alpha value is -0.940. The Kier molecular flexibility index (Phi) is 4.02. The third-order valence-corrected chi connectivity index (χ3v) is 4.31. The molecule has 1 aromatic heterocycles. The summed E-state index contributed by atoms with van der Waals surface area (Å²) in [4.78, 5) is 18.2. The predicted molar refractivity (Wildman–Crippen MR) is 76.1 cm³/mol. The minimum atomic E-state index is -0.133. The van der Waals surface area contributed by atoms with Crippen LogP contribution >= 0.6 is 23.4 Å². The van der Waals surface area contributed by atoms with Gasteiger partial charge in [-0.05, 0) is 12.1 Å².